The van der Waals surface area contributed by atoms with Crippen molar-refractivity contribution in [3.63, 3.8) is 0 Å². The third-order valence-electron chi connectivity index (χ3n) is 7.04. The highest BCUT2D eigenvalue weighted by molar-refractivity contribution is 5.97. The van der Waals surface area contributed by atoms with Crippen molar-refractivity contribution >= 4 is 47.3 Å². The maximum atomic E-state index is 13.6. The molecule has 0 radical (unpaired) electrons. The van der Waals surface area contributed by atoms with Crippen molar-refractivity contribution in [3.8, 4) is 5.75 Å². The smallest absolute Gasteiger partial charge is 0.322 e. The second-order valence-corrected chi connectivity index (χ2v) is 11.0. The molecule has 0 saturated carbocycles. The fourth-order valence-electron chi connectivity index (χ4n) is 4.13. The number of carboxylic acid groups (broad SMARTS) is 1. The number of nitrogens with two attached hydrogens (primary N) is 3. The van der Waals surface area contributed by atoms with E-state index in [1.54, 1.807) is 13.8 Å². The van der Waals surface area contributed by atoms with Gasteiger partial charge in [0.1, 0.15) is 36.5 Å². The lowest BCUT2D eigenvalue weighted by atomic mass is 9.96. The fraction of sp³-hybridized carbons (Fsp3) is 0.517. The van der Waals surface area contributed by atoms with Crippen LogP contribution in [0, 0.1) is 5.92 Å². The molecule has 6 atom stereocenters. The van der Waals surface area contributed by atoms with Gasteiger partial charge in [0, 0.05) is 12.8 Å². The Morgan fingerprint density at radius 3 is 1.87 bits per heavy atom. The number of phenols is 1. The molecule has 7 amide bonds. The number of carbonyl (C=O) groups excluding carboxylic acids is 7. The number of benzene rings is 1. The van der Waals surface area contributed by atoms with Crippen LogP contribution in [0.3, 0.4) is 0 Å². The lowest BCUT2D eigenvalue weighted by molar-refractivity contribution is -0.138. The van der Waals surface area contributed by atoms with Crippen molar-refractivity contribution in [2.24, 2.45) is 23.1 Å². The molecule has 0 aliphatic heterocycles. The van der Waals surface area contributed by atoms with Gasteiger partial charge in [-0.25, -0.2) is 0 Å². The highest BCUT2D eigenvalue weighted by atomic mass is 16.4. The van der Waals surface area contributed by atoms with E-state index in [4.69, 9.17) is 22.3 Å². The van der Waals surface area contributed by atoms with Crippen molar-refractivity contribution in [2.45, 2.75) is 83.1 Å². The number of aliphatic carboxylic acids is 1. The largest absolute Gasteiger partial charge is 0.508 e. The van der Waals surface area contributed by atoms with Gasteiger partial charge in [0.25, 0.3) is 0 Å². The summed E-state index contributed by atoms with van der Waals surface area (Å²) in [7, 11) is 0. The van der Waals surface area contributed by atoms with E-state index in [0.29, 0.717) is 12.0 Å². The first kappa shape index (κ1) is 39.8. The van der Waals surface area contributed by atoms with E-state index in [1.165, 1.54) is 31.2 Å². The van der Waals surface area contributed by atoms with Crippen molar-refractivity contribution in [1.29, 1.82) is 0 Å². The Kier molecular flexibility index (Phi) is 16.3. The molecule has 0 fully saturated rings. The first-order valence-corrected chi connectivity index (χ1v) is 14.8. The molecule has 0 saturated heterocycles. The molecule has 0 aliphatic carbocycles. The van der Waals surface area contributed by atoms with Gasteiger partial charge < -0.3 is 54.0 Å². The first-order valence-electron chi connectivity index (χ1n) is 14.8. The van der Waals surface area contributed by atoms with Gasteiger partial charge in [-0.2, -0.15) is 0 Å². The van der Waals surface area contributed by atoms with Crippen LogP contribution < -0.4 is 43.8 Å². The highest BCUT2D eigenvalue weighted by Crippen LogP contribution is 2.13. The van der Waals surface area contributed by atoms with E-state index in [1.807, 2.05) is 0 Å². The molecule has 6 unspecified atom stereocenters. The SMILES string of the molecule is CCC(C)C(NC(=O)C(N)CC(N)=O)C(=O)NC(CCC(N)=O)C(=O)NC(Cc1ccc(O)cc1)C(=O)NC(C)C(=O)NCC(=O)O. The molecule has 1 aromatic rings. The molecule has 0 bridgehead atoms. The standard InChI is InChI=1S/C29H44N8O10/c1-4-14(2)24(37-26(44)18(30)12-22(32)40)29(47)35-19(9-10-21(31)39)27(45)36-20(11-16-5-7-17(38)8-6-16)28(46)34-15(3)25(43)33-13-23(41)42/h5-8,14-15,18-20,24,38H,4,9-13,30H2,1-3H3,(H2,31,39)(H2,32,40)(H,33,43)(H,34,46)(H,35,47)(H,36,45)(H,37,44)(H,41,42). The normalized spacial score (nSPS) is 14.6. The third-order valence-corrected chi connectivity index (χ3v) is 7.04. The zero-order valence-corrected chi connectivity index (χ0v) is 26.4. The minimum Gasteiger partial charge on any atom is -0.508 e. The van der Waals surface area contributed by atoms with Crippen molar-refractivity contribution < 1.29 is 48.6 Å². The summed E-state index contributed by atoms with van der Waals surface area (Å²) in [6, 6.07) is -0.919. The molecule has 18 heteroatoms. The van der Waals surface area contributed by atoms with Crippen molar-refractivity contribution in [3.05, 3.63) is 29.8 Å². The molecule has 0 aromatic heterocycles. The van der Waals surface area contributed by atoms with Crippen molar-refractivity contribution in [1.82, 2.24) is 26.6 Å². The number of carbonyl (C=O) groups is 8. The second kappa shape index (κ2) is 19.3. The monoisotopic (exact) mass is 664 g/mol. The summed E-state index contributed by atoms with van der Waals surface area (Å²) in [4.78, 5) is 98.7. The van der Waals surface area contributed by atoms with Gasteiger partial charge in [0.15, 0.2) is 0 Å². The Morgan fingerprint density at radius 1 is 0.766 bits per heavy atom. The Bertz CT molecular complexity index is 1310. The molecule has 0 heterocycles. The number of carboxylic acids is 1. The van der Waals surface area contributed by atoms with Crippen LogP contribution in [0.1, 0.15) is 52.0 Å². The zero-order valence-electron chi connectivity index (χ0n) is 26.4. The van der Waals surface area contributed by atoms with E-state index in [-0.39, 0.29) is 25.0 Å². The molecule has 47 heavy (non-hydrogen) atoms. The molecule has 0 spiro atoms. The predicted molar refractivity (Wildman–Crippen MR) is 166 cm³/mol. The van der Waals surface area contributed by atoms with Gasteiger partial charge in [0.05, 0.1) is 12.5 Å². The van der Waals surface area contributed by atoms with Crippen LogP contribution in [0.25, 0.3) is 0 Å². The predicted octanol–water partition coefficient (Wildman–Crippen LogP) is -3.39. The van der Waals surface area contributed by atoms with Crippen LogP contribution >= 0.6 is 0 Å². The number of rotatable bonds is 20. The molecule has 0 aliphatic rings. The number of primary amides is 2. The number of hydrogen-bond acceptors (Lipinski definition) is 10. The summed E-state index contributed by atoms with van der Waals surface area (Å²) in [6.07, 6.45) is -0.876. The number of aromatic hydroxyl groups is 1. The zero-order chi connectivity index (χ0) is 35.8. The molecule has 1 rings (SSSR count). The summed E-state index contributed by atoms with van der Waals surface area (Å²) >= 11 is 0. The Hall–Kier alpha value is -5.26. The molecule has 1 aromatic carbocycles. The van der Waals surface area contributed by atoms with Gasteiger partial charge in [0.2, 0.25) is 41.4 Å². The quantitative estimate of drug-likeness (QED) is 0.0655. The highest BCUT2D eigenvalue weighted by Gasteiger charge is 2.33. The molecular weight excluding hydrogens is 620 g/mol. The number of nitrogens with one attached hydrogen (secondary N) is 5. The van der Waals surface area contributed by atoms with Gasteiger partial charge in [-0.15, -0.1) is 0 Å². The van der Waals surface area contributed by atoms with Gasteiger partial charge in [-0.05, 0) is 37.0 Å². The van der Waals surface area contributed by atoms with E-state index in [2.05, 4.69) is 26.6 Å². The summed E-state index contributed by atoms with van der Waals surface area (Å²) in [5, 5.41) is 30.4. The van der Waals surface area contributed by atoms with Gasteiger partial charge >= 0.3 is 5.97 Å². The van der Waals surface area contributed by atoms with E-state index in [0.717, 1.165) is 0 Å². The molecule has 18 nitrogen and oxygen atoms in total. The Labute approximate surface area is 270 Å². The van der Waals surface area contributed by atoms with Gasteiger partial charge in [-0.3, -0.25) is 38.4 Å². The number of hydrogen-bond donors (Lipinski definition) is 10. The average Bonchev–Trinajstić information content (AvgIpc) is 2.99. The van der Waals surface area contributed by atoms with Crippen LogP contribution in [0.2, 0.25) is 0 Å². The maximum absolute atomic E-state index is 13.6. The summed E-state index contributed by atoms with van der Waals surface area (Å²) in [5.74, 6) is -7.71. The van der Waals surface area contributed by atoms with E-state index in [9.17, 15) is 43.5 Å². The number of phenolic OH excluding ortho intramolecular Hbond substituents is 1. The fourth-order valence-corrected chi connectivity index (χ4v) is 4.13. The van der Waals surface area contributed by atoms with Crippen LogP contribution in [-0.2, 0) is 44.8 Å². The second-order valence-electron chi connectivity index (χ2n) is 11.0. The summed E-state index contributed by atoms with van der Waals surface area (Å²) in [5.41, 5.74) is 16.6. The Morgan fingerprint density at radius 2 is 1.34 bits per heavy atom. The van der Waals surface area contributed by atoms with E-state index < -0.39 is 96.4 Å². The summed E-state index contributed by atoms with van der Waals surface area (Å²) < 4.78 is 0. The van der Waals surface area contributed by atoms with Crippen molar-refractivity contribution in [2.75, 3.05) is 6.54 Å². The van der Waals surface area contributed by atoms with Crippen LogP contribution in [-0.4, -0.2) is 94.3 Å². The first-order chi connectivity index (χ1) is 21.9. The average molecular weight is 665 g/mol. The van der Waals surface area contributed by atoms with Crippen LogP contribution in [0.4, 0.5) is 0 Å². The lowest BCUT2D eigenvalue weighted by Gasteiger charge is -2.28. The minimum atomic E-state index is -1.44. The maximum Gasteiger partial charge on any atom is 0.322 e. The van der Waals surface area contributed by atoms with Crippen LogP contribution in [0.5, 0.6) is 5.75 Å². The molecule has 260 valence electrons. The van der Waals surface area contributed by atoms with Gasteiger partial charge in [-0.1, -0.05) is 32.4 Å². The van der Waals surface area contributed by atoms with Crippen LogP contribution in [0.15, 0.2) is 24.3 Å². The third kappa shape index (κ3) is 14.6. The van der Waals surface area contributed by atoms with E-state index >= 15 is 0 Å². The molecular formula is C29H44N8O10. The lowest BCUT2D eigenvalue weighted by Crippen LogP contribution is -2.60. The summed E-state index contributed by atoms with van der Waals surface area (Å²) in [6.45, 7) is 3.99. The topological polar surface area (TPSA) is 315 Å². The molecule has 13 N–H and O–H groups in total. The number of amides is 7. The Balaban J connectivity index is 3.28. The minimum absolute atomic E-state index is 0.0599.